The van der Waals surface area contributed by atoms with Crippen LogP contribution >= 0.6 is 11.8 Å². The molecule has 1 aromatic heterocycles. The first-order chi connectivity index (χ1) is 12.1. The molecular formula is C17H16N4O3S. The molecule has 0 bridgehead atoms. The van der Waals surface area contributed by atoms with Crippen LogP contribution in [-0.2, 0) is 0 Å². The summed E-state index contributed by atoms with van der Waals surface area (Å²) >= 11 is 1.48. The van der Waals surface area contributed by atoms with Crippen molar-refractivity contribution in [3.05, 3.63) is 70.5 Å². The van der Waals surface area contributed by atoms with E-state index in [0.29, 0.717) is 10.9 Å². The molecule has 0 aliphatic carbocycles. The van der Waals surface area contributed by atoms with E-state index in [-0.39, 0.29) is 10.9 Å². The summed E-state index contributed by atoms with van der Waals surface area (Å²) in [5.41, 5.74) is 1.77. The van der Waals surface area contributed by atoms with Crippen molar-refractivity contribution in [2.24, 2.45) is 0 Å². The van der Waals surface area contributed by atoms with Crippen molar-refractivity contribution < 1.29 is 9.66 Å². The number of para-hydroxylation sites is 2. The van der Waals surface area contributed by atoms with Gasteiger partial charge in [0.15, 0.2) is 5.16 Å². The van der Waals surface area contributed by atoms with Gasteiger partial charge < -0.3 is 4.74 Å². The van der Waals surface area contributed by atoms with Crippen LogP contribution < -0.4 is 4.74 Å². The molecule has 0 N–H and O–H groups in total. The topological polar surface area (TPSA) is 83.1 Å². The highest BCUT2D eigenvalue weighted by molar-refractivity contribution is 7.99. The van der Waals surface area contributed by atoms with Crippen molar-refractivity contribution in [2.75, 3.05) is 7.11 Å². The number of non-ortho nitro benzene ring substituents is 1. The van der Waals surface area contributed by atoms with Crippen LogP contribution in [0.1, 0.15) is 17.7 Å². The van der Waals surface area contributed by atoms with Gasteiger partial charge in [0.2, 0.25) is 0 Å². The maximum absolute atomic E-state index is 11.0. The Hall–Kier alpha value is -2.87. The summed E-state index contributed by atoms with van der Waals surface area (Å²) < 4.78 is 7.24. The van der Waals surface area contributed by atoms with E-state index in [0.717, 1.165) is 11.3 Å². The van der Waals surface area contributed by atoms with Gasteiger partial charge in [0.25, 0.3) is 5.69 Å². The van der Waals surface area contributed by atoms with E-state index in [2.05, 4.69) is 10.2 Å². The van der Waals surface area contributed by atoms with Crippen LogP contribution in [0.25, 0.3) is 5.69 Å². The van der Waals surface area contributed by atoms with E-state index >= 15 is 0 Å². The molecule has 0 unspecified atom stereocenters. The molecule has 0 radical (unpaired) electrons. The number of methoxy groups -OCH3 is 1. The molecule has 3 rings (SSSR count). The lowest BCUT2D eigenvalue weighted by Gasteiger charge is -2.14. The average Bonchev–Trinajstić information content (AvgIpc) is 3.09. The van der Waals surface area contributed by atoms with Crippen LogP contribution in [0.4, 0.5) is 5.69 Å². The first kappa shape index (κ1) is 17.0. The zero-order valence-electron chi connectivity index (χ0n) is 13.7. The second-order valence-electron chi connectivity index (χ2n) is 5.27. The molecule has 0 aliphatic heterocycles. The van der Waals surface area contributed by atoms with Crippen molar-refractivity contribution in [3.63, 3.8) is 0 Å². The summed E-state index contributed by atoms with van der Waals surface area (Å²) in [6.07, 6.45) is 1.63. The highest BCUT2D eigenvalue weighted by Crippen LogP contribution is 2.36. The second kappa shape index (κ2) is 7.35. The van der Waals surface area contributed by atoms with Gasteiger partial charge in [-0.1, -0.05) is 36.0 Å². The fourth-order valence-corrected chi connectivity index (χ4v) is 3.37. The third-order valence-electron chi connectivity index (χ3n) is 3.69. The van der Waals surface area contributed by atoms with Gasteiger partial charge in [0, 0.05) is 17.4 Å². The molecule has 0 saturated carbocycles. The Morgan fingerprint density at radius 2 is 2.04 bits per heavy atom. The van der Waals surface area contributed by atoms with Gasteiger partial charge in [-0.05, 0) is 24.6 Å². The maximum atomic E-state index is 11.0. The molecular weight excluding hydrogens is 340 g/mol. The van der Waals surface area contributed by atoms with Crippen molar-refractivity contribution in [1.82, 2.24) is 14.8 Å². The quantitative estimate of drug-likeness (QED) is 0.377. The Morgan fingerprint density at radius 3 is 2.80 bits per heavy atom. The third-order valence-corrected chi connectivity index (χ3v) is 4.81. The molecule has 0 spiro atoms. The third kappa shape index (κ3) is 3.63. The molecule has 0 fully saturated rings. The summed E-state index contributed by atoms with van der Waals surface area (Å²) in [4.78, 5) is 10.6. The van der Waals surface area contributed by atoms with Gasteiger partial charge >= 0.3 is 0 Å². The molecule has 3 aromatic rings. The van der Waals surface area contributed by atoms with Crippen LogP contribution in [0.3, 0.4) is 0 Å². The molecule has 1 heterocycles. The Kier molecular flexibility index (Phi) is 4.99. The number of aromatic nitrogens is 3. The minimum atomic E-state index is -0.391. The summed E-state index contributed by atoms with van der Waals surface area (Å²) in [5, 5.41) is 19.8. The van der Waals surface area contributed by atoms with E-state index in [1.165, 1.54) is 17.8 Å². The van der Waals surface area contributed by atoms with E-state index in [9.17, 15) is 10.1 Å². The number of hydrogen-bond acceptors (Lipinski definition) is 6. The van der Waals surface area contributed by atoms with Gasteiger partial charge in [-0.3, -0.25) is 14.7 Å². The van der Waals surface area contributed by atoms with Gasteiger partial charge in [-0.2, -0.15) is 0 Å². The number of ether oxygens (including phenoxy) is 1. The van der Waals surface area contributed by atoms with E-state index < -0.39 is 4.92 Å². The lowest BCUT2D eigenvalue weighted by molar-refractivity contribution is -0.384. The number of thioether (sulfide) groups is 1. The van der Waals surface area contributed by atoms with Gasteiger partial charge in [0.05, 0.1) is 17.7 Å². The van der Waals surface area contributed by atoms with Crippen molar-refractivity contribution in [2.45, 2.75) is 17.3 Å². The highest BCUT2D eigenvalue weighted by Gasteiger charge is 2.17. The predicted molar refractivity (Wildman–Crippen MR) is 95.3 cm³/mol. The first-order valence-electron chi connectivity index (χ1n) is 7.54. The van der Waals surface area contributed by atoms with E-state index in [1.807, 2.05) is 41.8 Å². The van der Waals surface area contributed by atoms with Gasteiger partial charge in [-0.15, -0.1) is 10.2 Å². The lowest BCUT2D eigenvalue weighted by Crippen LogP contribution is -2.00. The summed E-state index contributed by atoms with van der Waals surface area (Å²) in [6, 6.07) is 14.2. The van der Waals surface area contributed by atoms with E-state index in [1.54, 1.807) is 25.6 Å². The summed E-state index contributed by atoms with van der Waals surface area (Å²) in [5.74, 6) is 0.715. The molecule has 1 atom stereocenters. The Balaban J connectivity index is 1.89. The second-order valence-corrected chi connectivity index (χ2v) is 6.58. The zero-order valence-corrected chi connectivity index (χ0v) is 14.5. The minimum absolute atomic E-state index is 0.0300. The summed E-state index contributed by atoms with van der Waals surface area (Å²) in [6.45, 7) is 1.98. The first-order valence-corrected chi connectivity index (χ1v) is 8.42. The van der Waals surface area contributed by atoms with E-state index in [4.69, 9.17) is 4.74 Å². The highest BCUT2D eigenvalue weighted by atomic mass is 32.2. The van der Waals surface area contributed by atoms with Crippen molar-refractivity contribution in [3.8, 4) is 11.4 Å². The van der Waals surface area contributed by atoms with Gasteiger partial charge in [-0.25, -0.2) is 0 Å². The van der Waals surface area contributed by atoms with Crippen LogP contribution in [0.5, 0.6) is 5.75 Å². The minimum Gasteiger partial charge on any atom is -0.495 e. The SMILES string of the molecule is COc1ccccc1-n1cnnc1S[C@@H](C)c1cccc([N+](=O)[O-])c1. The number of nitrogens with zero attached hydrogens (tertiary/aromatic N) is 4. The summed E-state index contributed by atoms with van der Waals surface area (Å²) in [7, 11) is 1.61. The molecule has 25 heavy (non-hydrogen) atoms. The normalized spacial score (nSPS) is 11.9. The van der Waals surface area contributed by atoms with Crippen LogP contribution in [0.2, 0.25) is 0 Å². The molecule has 0 saturated heterocycles. The monoisotopic (exact) mass is 356 g/mol. The standard InChI is InChI=1S/C17H16N4O3S/c1-12(13-6-5-7-14(10-13)21(22)23)25-17-19-18-11-20(17)15-8-3-4-9-16(15)24-2/h3-12H,1-2H3/t12-/m0/s1. The Labute approximate surface area is 148 Å². The maximum Gasteiger partial charge on any atom is 0.269 e. The predicted octanol–water partition coefficient (Wildman–Crippen LogP) is 4.04. The number of benzene rings is 2. The molecule has 7 nitrogen and oxygen atoms in total. The van der Waals surface area contributed by atoms with Gasteiger partial charge in [0.1, 0.15) is 12.1 Å². The Bertz CT molecular complexity index is 897. The molecule has 0 amide bonds. The van der Waals surface area contributed by atoms with Crippen molar-refractivity contribution >= 4 is 17.4 Å². The smallest absolute Gasteiger partial charge is 0.269 e. The number of nitro benzene ring substituents is 1. The fourth-order valence-electron chi connectivity index (χ4n) is 2.42. The average molecular weight is 356 g/mol. The number of hydrogen-bond donors (Lipinski definition) is 0. The van der Waals surface area contributed by atoms with Crippen LogP contribution in [0, 0.1) is 10.1 Å². The zero-order chi connectivity index (χ0) is 17.8. The fraction of sp³-hybridized carbons (Fsp3) is 0.176. The largest absolute Gasteiger partial charge is 0.495 e. The number of nitro groups is 1. The van der Waals surface area contributed by atoms with Crippen LogP contribution in [-0.4, -0.2) is 26.8 Å². The molecule has 128 valence electrons. The number of rotatable bonds is 6. The van der Waals surface area contributed by atoms with Crippen molar-refractivity contribution in [1.29, 1.82) is 0 Å². The van der Waals surface area contributed by atoms with Crippen LogP contribution in [0.15, 0.2) is 60.0 Å². The molecule has 2 aromatic carbocycles. The molecule has 0 aliphatic rings. The molecule has 8 heteroatoms. The lowest BCUT2D eigenvalue weighted by atomic mass is 10.1. The Morgan fingerprint density at radius 1 is 1.24 bits per heavy atom.